The van der Waals surface area contributed by atoms with Gasteiger partial charge in [0.25, 0.3) is 0 Å². The molecule has 0 aliphatic heterocycles. The van der Waals surface area contributed by atoms with Gasteiger partial charge in [-0.25, -0.2) is 4.79 Å². The molecule has 1 N–H and O–H groups in total. The number of carbonyl (C=O) groups excluding carboxylic acids is 2. The van der Waals surface area contributed by atoms with Gasteiger partial charge in [-0.1, -0.05) is 43.9 Å². The number of benzene rings is 2. The first-order valence-corrected chi connectivity index (χ1v) is 11.1. The van der Waals surface area contributed by atoms with E-state index in [0.717, 1.165) is 18.4 Å². The van der Waals surface area contributed by atoms with Crippen molar-refractivity contribution in [2.24, 2.45) is 0 Å². The first-order valence-electron chi connectivity index (χ1n) is 10.7. The van der Waals surface area contributed by atoms with Crippen molar-refractivity contribution in [1.29, 1.82) is 0 Å². The van der Waals surface area contributed by atoms with E-state index < -0.39 is 11.9 Å². The van der Waals surface area contributed by atoms with Crippen molar-refractivity contribution in [3.8, 4) is 17.2 Å². The van der Waals surface area contributed by atoms with Crippen LogP contribution in [0.1, 0.15) is 48.5 Å². The quantitative estimate of drug-likeness (QED) is 0.239. The Kier molecular flexibility index (Phi) is 10.6. The van der Waals surface area contributed by atoms with Crippen molar-refractivity contribution in [2.45, 2.75) is 32.6 Å². The zero-order chi connectivity index (χ0) is 24.2. The predicted molar refractivity (Wildman–Crippen MR) is 130 cm³/mol. The minimum atomic E-state index is -0.589. The molecule has 178 valence electrons. The first-order chi connectivity index (χ1) is 15.9. The number of anilines is 1. The molecule has 2 aromatic carbocycles. The highest BCUT2D eigenvalue weighted by Crippen LogP contribution is 2.32. The number of ether oxygens (including phenoxy) is 4. The molecule has 0 aliphatic carbocycles. The van der Waals surface area contributed by atoms with E-state index in [0.29, 0.717) is 23.8 Å². The van der Waals surface area contributed by atoms with Gasteiger partial charge < -0.3 is 24.3 Å². The van der Waals surface area contributed by atoms with Crippen LogP contribution in [0.4, 0.5) is 5.69 Å². The van der Waals surface area contributed by atoms with Crippen LogP contribution in [-0.2, 0) is 9.53 Å². The maximum atomic E-state index is 12.4. The lowest BCUT2D eigenvalue weighted by Crippen LogP contribution is -2.10. The molecular weight excluding hydrogens is 446 g/mol. The molecule has 0 bridgehead atoms. The summed E-state index contributed by atoms with van der Waals surface area (Å²) < 4.78 is 21.2. The molecule has 1 amide bonds. The molecule has 33 heavy (non-hydrogen) atoms. The molecule has 0 fully saturated rings. The Morgan fingerprint density at radius 2 is 1.73 bits per heavy atom. The maximum Gasteiger partial charge on any atom is 0.341 e. The summed E-state index contributed by atoms with van der Waals surface area (Å²) in [6.07, 6.45) is 7.52. The van der Waals surface area contributed by atoms with Crippen LogP contribution in [0.25, 0.3) is 6.08 Å². The van der Waals surface area contributed by atoms with Crippen LogP contribution >= 0.6 is 11.6 Å². The third kappa shape index (κ3) is 7.71. The molecule has 0 saturated carbocycles. The highest BCUT2D eigenvalue weighted by atomic mass is 35.5. The monoisotopic (exact) mass is 475 g/mol. The third-order valence-corrected chi connectivity index (χ3v) is 5.14. The molecule has 0 unspecified atom stereocenters. The minimum Gasteiger partial charge on any atom is -0.496 e. The first kappa shape index (κ1) is 26.1. The van der Waals surface area contributed by atoms with Crippen LogP contribution in [0.3, 0.4) is 0 Å². The van der Waals surface area contributed by atoms with Gasteiger partial charge in [-0.05, 0) is 36.3 Å². The van der Waals surface area contributed by atoms with Crippen LogP contribution in [0.15, 0.2) is 36.4 Å². The summed E-state index contributed by atoms with van der Waals surface area (Å²) in [4.78, 5) is 24.3. The molecule has 8 heteroatoms. The fourth-order valence-corrected chi connectivity index (χ4v) is 3.26. The lowest BCUT2D eigenvalue weighted by Gasteiger charge is -2.12. The van der Waals surface area contributed by atoms with Crippen molar-refractivity contribution in [3.05, 3.63) is 52.6 Å². The maximum absolute atomic E-state index is 12.4. The summed E-state index contributed by atoms with van der Waals surface area (Å²) in [5, 5.41) is 2.86. The zero-order valence-electron chi connectivity index (χ0n) is 19.4. The smallest absolute Gasteiger partial charge is 0.341 e. The van der Waals surface area contributed by atoms with E-state index in [4.69, 9.17) is 30.5 Å². The van der Waals surface area contributed by atoms with Crippen LogP contribution in [0.2, 0.25) is 5.02 Å². The molecule has 7 nitrogen and oxygen atoms in total. The number of methoxy groups -OCH3 is 3. The van der Waals surface area contributed by atoms with E-state index in [1.54, 1.807) is 19.3 Å². The van der Waals surface area contributed by atoms with Crippen molar-refractivity contribution < 1.29 is 28.5 Å². The Hall–Kier alpha value is -3.19. The van der Waals surface area contributed by atoms with Crippen molar-refractivity contribution in [3.63, 3.8) is 0 Å². The summed E-state index contributed by atoms with van der Waals surface area (Å²) in [6.45, 7) is 2.80. The second-order valence-corrected chi connectivity index (χ2v) is 7.57. The third-order valence-electron chi connectivity index (χ3n) is 4.82. The van der Waals surface area contributed by atoms with E-state index in [2.05, 4.69) is 12.2 Å². The van der Waals surface area contributed by atoms with Crippen LogP contribution < -0.4 is 19.5 Å². The number of nitrogens with one attached hydrogen (secondary N) is 1. The van der Waals surface area contributed by atoms with Gasteiger partial charge in [0, 0.05) is 12.1 Å². The Morgan fingerprint density at radius 1 is 0.970 bits per heavy atom. The molecule has 2 rings (SSSR count). The highest BCUT2D eigenvalue weighted by molar-refractivity contribution is 6.34. The van der Waals surface area contributed by atoms with Crippen molar-refractivity contribution >= 4 is 35.2 Å². The van der Waals surface area contributed by atoms with E-state index in [1.807, 2.05) is 12.1 Å². The fraction of sp³-hybridized carbons (Fsp3) is 0.360. The SMILES string of the molecule is CCCCCCOc1ccc(/C=C/C(=O)Nc2cc(OC)c(C(=O)OC)cc2Cl)cc1OC. The molecule has 2 aromatic rings. The summed E-state index contributed by atoms with van der Waals surface area (Å²) >= 11 is 6.21. The number of hydrogen-bond acceptors (Lipinski definition) is 6. The molecular formula is C25H30ClNO6. The summed E-state index contributed by atoms with van der Waals surface area (Å²) in [7, 11) is 4.25. The van der Waals surface area contributed by atoms with Gasteiger partial charge in [-0.3, -0.25) is 4.79 Å². The molecule has 0 saturated heterocycles. The van der Waals surface area contributed by atoms with E-state index >= 15 is 0 Å². The van der Waals surface area contributed by atoms with Gasteiger partial charge in [0.2, 0.25) is 5.91 Å². The van der Waals surface area contributed by atoms with Crippen molar-refractivity contribution in [1.82, 2.24) is 0 Å². The van der Waals surface area contributed by atoms with E-state index in [1.165, 1.54) is 45.3 Å². The molecule has 0 spiro atoms. The topological polar surface area (TPSA) is 83.1 Å². The number of esters is 1. The van der Waals surface area contributed by atoms with Gasteiger partial charge >= 0.3 is 5.97 Å². The number of unbranched alkanes of at least 4 members (excludes halogenated alkanes) is 3. The zero-order valence-corrected chi connectivity index (χ0v) is 20.2. The standard InChI is InChI=1S/C25H30ClNO6/c1-5-6-7-8-13-33-21-11-9-17(14-23(21)31-3)10-12-24(28)27-20-16-22(30-2)18(15-19(20)26)25(29)32-4/h9-12,14-16H,5-8,13H2,1-4H3,(H,27,28)/b12-10+. The van der Waals surface area contributed by atoms with Gasteiger partial charge in [0.1, 0.15) is 11.3 Å². The number of halogens is 1. The van der Waals surface area contributed by atoms with Gasteiger partial charge in [0.05, 0.1) is 38.6 Å². The molecule has 0 atom stereocenters. The predicted octanol–water partition coefficient (Wildman–Crippen LogP) is 5.75. The normalized spacial score (nSPS) is 10.7. The van der Waals surface area contributed by atoms with Gasteiger partial charge in [-0.2, -0.15) is 0 Å². The number of rotatable bonds is 12. The van der Waals surface area contributed by atoms with Crippen LogP contribution in [0, 0.1) is 0 Å². The summed E-state index contributed by atoms with van der Waals surface area (Å²) in [5.41, 5.74) is 1.24. The van der Waals surface area contributed by atoms with Gasteiger partial charge in [-0.15, -0.1) is 0 Å². The Bertz CT molecular complexity index is 989. The number of hydrogen-bond donors (Lipinski definition) is 1. The molecule has 0 heterocycles. The van der Waals surface area contributed by atoms with Crippen LogP contribution in [-0.4, -0.2) is 39.8 Å². The average Bonchev–Trinajstić information content (AvgIpc) is 2.83. The van der Waals surface area contributed by atoms with E-state index in [9.17, 15) is 9.59 Å². The Morgan fingerprint density at radius 3 is 2.39 bits per heavy atom. The largest absolute Gasteiger partial charge is 0.496 e. The highest BCUT2D eigenvalue weighted by Gasteiger charge is 2.17. The lowest BCUT2D eigenvalue weighted by molar-refractivity contribution is -0.111. The number of carbonyl (C=O) groups is 2. The molecule has 0 radical (unpaired) electrons. The Balaban J connectivity index is 2.06. The second-order valence-electron chi connectivity index (χ2n) is 7.17. The molecule has 0 aliphatic rings. The van der Waals surface area contributed by atoms with Crippen molar-refractivity contribution in [2.75, 3.05) is 33.3 Å². The second kappa shape index (κ2) is 13.4. The number of amides is 1. The van der Waals surface area contributed by atoms with Gasteiger partial charge in [0.15, 0.2) is 11.5 Å². The lowest BCUT2D eigenvalue weighted by atomic mass is 10.1. The molecule has 0 aromatic heterocycles. The van der Waals surface area contributed by atoms with Crippen LogP contribution in [0.5, 0.6) is 17.2 Å². The fourth-order valence-electron chi connectivity index (χ4n) is 3.05. The minimum absolute atomic E-state index is 0.165. The average molecular weight is 476 g/mol. The Labute approximate surface area is 199 Å². The summed E-state index contributed by atoms with van der Waals surface area (Å²) in [5.74, 6) is 0.508. The summed E-state index contributed by atoms with van der Waals surface area (Å²) in [6, 6.07) is 8.32. The van der Waals surface area contributed by atoms with E-state index in [-0.39, 0.29) is 16.3 Å².